The molecule has 0 aliphatic heterocycles. The molecule has 0 amide bonds. The molecule has 24 heteroatoms. The zero-order chi connectivity index (χ0) is 71.3. The van der Waals surface area contributed by atoms with Gasteiger partial charge >= 0.3 is 0 Å². The summed E-state index contributed by atoms with van der Waals surface area (Å²) < 4.78 is 255. The van der Waals surface area contributed by atoms with Crippen molar-refractivity contribution < 1.29 is 67.3 Å². The molecule has 0 spiro atoms. The average molecular weight is 1470 g/mol. The van der Waals surface area contributed by atoms with Crippen molar-refractivity contribution in [2.45, 2.75) is 141 Å². The summed E-state index contributed by atoms with van der Waals surface area (Å²) in [5, 5.41) is -1.36. The first kappa shape index (κ1) is 72.8. The van der Waals surface area contributed by atoms with Gasteiger partial charge in [0.2, 0.25) is 0 Å². The summed E-state index contributed by atoms with van der Waals surface area (Å²) in [4.78, 5) is -3.06. The lowest BCUT2D eigenvalue weighted by molar-refractivity contribution is 0.588. The molecule has 0 bridgehead atoms. The second-order valence-electron chi connectivity index (χ2n) is 25.2. The predicted octanol–water partition coefficient (Wildman–Crippen LogP) is 13.1. The maximum atomic E-state index is 16.0. The maximum absolute atomic E-state index is 16.0. The van der Waals surface area contributed by atoms with Crippen LogP contribution in [0.4, 0.5) is 0 Å². The van der Waals surface area contributed by atoms with Crippen LogP contribution in [0.15, 0.2) is 233 Å². The molecule has 10 aromatic carbocycles. The first-order valence-electron chi connectivity index (χ1n) is 30.8. The summed E-state index contributed by atoms with van der Waals surface area (Å²) in [6.07, 6.45) is 0. The zero-order valence-electron chi connectivity index (χ0n) is 54.9. The van der Waals surface area contributed by atoms with Gasteiger partial charge in [0.15, 0.2) is 78.7 Å². The van der Waals surface area contributed by atoms with Gasteiger partial charge in [-0.1, -0.05) is 97.1 Å². The van der Waals surface area contributed by atoms with Crippen molar-refractivity contribution in [2.75, 3.05) is 0 Å². The highest BCUT2D eigenvalue weighted by Crippen LogP contribution is 2.47. The second kappa shape index (κ2) is 27.6. The molecule has 0 heterocycles. The lowest BCUT2D eigenvalue weighted by atomic mass is 9.83. The molecular formula is C74H72O16S8. The number of benzene rings is 10. The fraction of sp³-hybridized carbons (Fsp3) is 0.216. The van der Waals surface area contributed by atoms with Crippen LogP contribution in [0.25, 0.3) is 10.8 Å². The molecule has 0 saturated heterocycles. The molecule has 0 atom stereocenters. The topological polar surface area (TPSA) is 273 Å². The van der Waals surface area contributed by atoms with E-state index in [1.54, 1.807) is 104 Å². The highest BCUT2D eigenvalue weighted by Gasteiger charge is 2.40. The molecule has 0 saturated carbocycles. The van der Waals surface area contributed by atoms with Gasteiger partial charge in [0, 0.05) is 0 Å². The van der Waals surface area contributed by atoms with Crippen LogP contribution < -0.4 is 0 Å². The van der Waals surface area contributed by atoms with Crippen LogP contribution in [0.3, 0.4) is 0 Å². The lowest BCUT2D eigenvalue weighted by Crippen LogP contribution is -2.24. The third-order valence-electron chi connectivity index (χ3n) is 17.1. The SMILES string of the molecule is Cc1cccc(S(=O)(=O)Cc2c(CS(=O)(=O)c3cccc(C)c3)c(CS(=O)(=O)c3cccc(C)c3)c3c(CS(=O)(=O)c4cccc(C)c4)c(CS(=O)(=O)c4cccc(C)c4)c(CS(=O)(=O)c4cccc(C)c4)c(CS(=O)(=O)c4cccc(C)c4)c3c2CS(=O)(=O)c2cccc(C)c2)c1. The number of hydrogen-bond donors (Lipinski definition) is 0. The highest BCUT2D eigenvalue weighted by atomic mass is 32.2. The van der Waals surface area contributed by atoms with Crippen LogP contribution >= 0.6 is 0 Å². The Labute approximate surface area is 575 Å². The van der Waals surface area contributed by atoms with Crippen molar-refractivity contribution in [3.8, 4) is 0 Å². The minimum absolute atomic E-state index is 0.375. The molecule has 98 heavy (non-hydrogen) atoms. The van der Waals surface area contributed by atoms with Crippen LogP contribution in [-0.4, -0.2) is 67.3 Å². The molecule has 0 radical (unpaired) electrons. The summed E-state index contributed by atoms with van der Waals surface area (Å²) in [6.45, 7) is 12.8. The Bertz CT molecular complexity index is 5150. The van der Waals surface area contributed by atoms with E-state index in [-0.39, 0.29) is 19.6 Å². The predicted molar refractivity (Wildman–Crippen MR) is 380 cm³/mol. The van der Waals surface area contributed by atoms with E-state index in [0.29, 0.717) is 44.5 Å². The van der Waals surface area contributed by atoms with Crippen LogP contribution in [-0.2, 0) is 125 Å². The van der Waals surface area contributed by atoms with Gasteiger partial charge in [-0.2, -0.15) is 0 Å². The van der Waals surface area contributed by atoms with E-state index >= 15 is 67.3 Å². The number of sulfone groups is 8. The van der Waals surface area contributed by atoms with Crippen LogP contribution in [0.1, 0.15) is 89.0 Å². The van der Waals surface area contributed by atoms with Gasteiger partial charge in [-0.3, -0.25) is 0 Å². The maximum Gasteiger partial charge on any atom is 0.182 e. The van der Waals surface area contributed by atoms with E-state index in [1.165, 1.54) is 146 Å². The minimum atomic E-state index is -5.02. The molecule has 0 aliphatic carbocycles. The molecule has 0 N–H and O–H groups in total. The smallest absolute Gasteiger partial charge is 0.182 e. The van der Waals surface area contributed by atoms with Crippen molar-refractivity contribution in [2.24, 2.45) is 0 Å². The fourth-order valence-corrected chi connectivity index (χ4v) is 24.5. The van der Waals surface area contributed by atoms with Crippen LogP contribution in [0.5, 0.6) is 0 Å². The number of fused-ring (bicyclic) bond motifs is 1. The Morgan fingerprint density at radius 3 is 0.398 bits per heavy atom. The summed E-state index contributed by atoms with van der Waals surface area (Å²) in [7, 11) is -40.0. The molecule has 10 aromatic rings. The van der Waals surface area contributed by atoms with Gasteiger partial charge in [-0.05, 0) is 252 Å². The normalized spacial score (nSPS) is 12.9. The fourth-order valence-electron chi connectivity index (χ4n) is 12.3. The molecule has 0 fully saturated rings. The minimum Gasteiger partial charge on any atom is -0.223 e. The zero-order valence-corrected chi connectivity index (χ0v) is 61.5. The van der Waals surface area contributed by atoms with E-state index in [1.807, 2.05) is 0 Å². The van der Waals surface area contributed by atoms with Crippen LogP contribution in [0, 0.1) is 55.4 Å². The summed E-state index contributed by atoms with van der Waals surface area (Å²) >= 11 is 0. The van der Waals surface area contributed by atoms with Crippen molar-refractivity contribution in [3.63, 3.8) is 0 Å². The lowest BCUT2D eigenvalue weighted by Gasteiger charge is -2.30. The third kappa shape index (κ3) is 16.0. The molecule has 16 nitrogen and oxygen atoms in total. The summed E-state index contributed by atoms with van der Waals surface area (Å²) in [5.74, 6) is -11.0. The molecule has 10 rings (SSSR count). The standard InChI is InChI=1S/C74H72O16S8/c1-49-17-9-25-57(33-49)91(75,76)41-65-66(42-92(77,78)58-26-10-18-50(2)34-58)70(46-96(85,86)62-30-14-22-54(6)38-62)74-72(48-98(89,90)64-32-16-24-56(8)40-64)68(44-94(81,82)60-28-12-20-52(4)36-60)67(43-93(79,80)59-27-11-19-51(3)35-59)71(47-97(87,88)63-31-15-23-55(7)39-63)73(74)69(65)45-95(83,84)61-29-13-21-53(5)37-61/h9-40H,41-48H2,1-8H3. The molecule has 512 valence electrons. The first-order valence-corrected chi connectivity index (χ1v) is 44.0. The third-order valence-corrected chi connectivity index (χ3v) is 30.2. The highest BCUT2D eigenvalue weighted by molar-refractivity contribution is 7.93. The quantitative estimate of drug-likeness (QED) is 0.0544. The number of rotatable bonds is 24. The molecular weight excluding hydrogens is 1400 g/mol. The largest absolute Gasteiger partial charge is 0.223 e. The molecule has 0 aliphatic rings. The van der Waals surface area contributed by atoms with Crippen molar-refractivity contribution in [1.82, 2.24) is 0 Å². The first-order chi connectivity index (χ1) is 45.8. The Morgan fingerprint density at radius 1 is 0.173 bits per heavy atom. The van der Waals surface area contributed by atoms with E-state index < -0.39 is 200 Å². The monoisotopic (exact) mass is 1470 g/mol. The Morgan fingerprint density at radius 2 is 0.286 bits per heavy atom. The van der Waals surface area contributed by atoms with E-state index in [4.69, 9.17) is 0 Å². The van der Waals surface area contributed by atoms with Crippen molar-refractivity contribution in [3.05, 3.63) is 283 Å². The van der Waals surface area contributed by atoms with Gasteiger partial charge in [0.1, 0.15) is 0 Å². The second-order valence-corrected chi connectivity index (χ2v) is 41.1. The summed E-state index contributed by atoms with van der Waals surface area (Å²) in [5.41, 5.74) is -2.07. The number of hydrogen-bond acceptors (Lipinski definition) is 16. The molecule has 0 aromatic heterocycles. The van der Waals surface area contributed by atoms with Gasteiger partial charge in [-0.25, -0.2) is 67.3 Å². The van der Waals surface area contributed by atoms with Gasteiger partial charge < -0.3 is 0 Å². The molecule has 0 unspecified atom stereocenters. The number of aryl methyl sites for hydroxylation is 8. The van der Waals surface area contributed by atoms with Gasteiger partial charge in [0.25, 0.3) is 0 Å². The van der Waals surface area contributed by atoms with Crippen molar-refractivity contribution in [1.29, 1.82) is 0 Å². The van der Waals surface area contributed by atoms with E-state index in [2.05, 4.69) is 0 Å². The van der Waals surface area contributed by atoms with Crippen molar-refractivity contribution >= 4 is 89.5 Å². The average Bonchev–Trinajstić information content (AvgIpc) is 0.701. The van der Waals surface area contributed by atoms with E-state index in [0.717, 1.165) is 0 Å². The summed E-state index contributed by atoms with van der Waals surface area (Å²) in [6, 6.07) is 44.4. The van der Waals surface area contributed by atoms with E-state index in [9.17, 15) is 0 Å². The van der Waals surface area contributed by atoms with Gasteiger partial charge in [0.05, 0.1) is 85.2 Å². The van der Waals surface area contributed by atoms with Gasteiger partial charge in [-0.15, -0.1) is 0 Å². The Balaban J connectivity index is 1.59. The van der Waals surface area contributed by atoms with Crippen LogP contribution in [0.2, 0.25) is 0 Å². The Hall–Kier alpha value is -7.94. The Kier molecular flexibility index (Phi) is 20.5.